The Morgan fingerprint density at radius 1 is 1.53 bits per heavy atom. The number of phenols is 1. The number of benzene rings is 1. The number of aromatic amines is 1. The summed E-state index contributed by atoms with van der Waals surface area (Å²) in [7, 11) is 1.43. The van der Waals surface area contributed by atoms with E-state index in [-0.39, 0.29) is 23.1 Å². The Balaban J connectivity index is 2.03. The number of hydrogen-bond acceptors (Lipinski definition) is 5. The first-order chi connectivity index (χ1) is 9.10. The molecule has 0 spiro atoms. The fraction of sp³-hybridized carbons (Fsp3) is 0.167. The van der Waals surface area contributed by atoms with Gasteiger partial charge in [-0.3, -0.25) is 9.59 Å². The van der Waals surface area contributed by atoms with Crippen molar-refractivity contribution in [3.8, 4) is 11.5 Å². The Labute approximate surface area is 112 Å². The molecule has 1 aromatic heterocycles. The van der Waals surface area contributed by atoms with E-state index < -0.39 is 0 Å². The Hall–Kier alpha value is -2.28. The van der Waals surface area contributed by atoms with Crippen LogP contribution in [0, 0.1) is 0 Å². The van der Waals surface area contributed by atoms with Crippen molar-refractivity contribution < 1.29 is 14.6 Å². The summed E-state index contributed by atoms with van der Waals surface area (Å²) in [4.78, 5) is 25.2. The number of H-pyrrole nitrogens is 1. The lowest BCUT2D eigenvalue weighted by Crippen LogP contribution is -2.23. The first-order valence-corrected chi connectivity index (χ1v) is 6.30. The first kappa shape index (κ1) is 13.2. The van der Waals surface area contributed by atoms with Gasteiger partial charge in [0.1, 0.15) is 0 Å². The molecule has 1 aromatic carbocycles. The van der Waals surface area contributed by atoms with Gasteiger partial charge in [-0.05, 0) is 18.2 Å². The van der Waals surface area contributed by atoms with Gasteiger partial charge in [0.25, 0.3) is 5.91 Å². The average molecular weight is 280 g/mol. The molecule has 0 unspecified atom stereocenters. The fourth-order valence-electron chi connectivity index (χ4n) is 1.51. The lowest BCUT2D eigenvalue weighted by molar-refractivity contribution is 0.0950. The van der Waals surface area contributed by atoms with Gasteiger partial charge in [0, 0.05) is 16.6 Å². The van der Waals surface area contributed by atoms with E-state index in [1.165, 1.54) is 19.2 Å². The largest absolute Gasteiger partial charge is 0.504 e. The van der Waals surface area contributed by atoms with Crippen molar-refractivity contribution in [3.63, 3.8) is 0 Å². The molecule has 0 aliphatic carbocycles. The maximum absolute atomic E-state index is 11.8. The number of rotatable bonds is 4. The van der Waals surface area contributed by atoms with Crippen LogP contribution in [0.2, 0.25) is 0 Å². The summed E-state index contributed by atoms with van der Waals surface area (Å²) in [5, 5.41) is 13.9. The number of amides is 1. The molecule has 1 heterocycles. The van der Waals surface area contributed by atoms with Crippen LogP contribution in [-0.4, -0.2) is 23.1 Å². The lowest BCUT2D eigenvalue weighted by atomic mass is 10.2. The van der Waals surface area contributed by atoms with Gasteiger partial charge < -0.3 is 20.1 Å². The number of methoxy groups -OCH3 is 1. The molecule has 7 heteroatoms. The van der Waals surface area contributed by atoms with Gasteiger partial charge in [-0.15, -0.1) is 0 Å². The summed E-state index contributed by atoms with van der Waals surface area (Å²) < 4.78 is 4.89. The highest BCUT2D eigenvalue weighted by atomic mass is 32.1. The zero-order chi connectivity index (χ0) is 13.8. The molecule has 6 nitrogen and oxygen atoms in total. The minimum absolute atomic E-state index is 0.0981. The fourth-order valence-corrected chi connectivity index (χ4v) is 2.09. The van der Waals surface area contributed by atoms with Crippen molar-refractivity contribution in [3.05, 3.63) is 44.5 Å². The first-order valence-electron chi connectivity index (χ1n) is 5.42. The molecular weight excluding hydrogens is 268 g/mol. The summed E-state index contributed by atoms with van der Waals surface area (Å²) in [6.07, 6.45) is 0. The normalized spacial score (nSPS) is 10.2. The second-order valence-electron chi connectivity index (χ2n) is 3.74. The minimum Gasteiger partial charge on any atom is -0.504 e. The molecule has 0 radical (unpaired) electrons. The maximum Gasteiger partial charge on any atom is 0.304 e. The van der Waals surface area contributed by atoms with E-state index in [0.29, 0.717) is 17.0 Å². The van der Waals surface area contributed by atoms with Crippen LogP contribution >= 0.6 is 11.3 Å². The van der Waals surface area contributed by atoms with Crippen molar-refractivity contribution in [1.29, 1.82) is 0 Å². The van der Waals surface area contributed by atoms with Crippen LogP contribution in [0.1, 0.15) is 16.1 Å². The van der Waals surface area contributed by atoms with Crippen molar-refractivity contribution in [2.24, 2.45) is 0 Å². The van der Waals surface area contributed by atoms with Crippen LogP contribution < -0.4 is 14.9 Å². The molecule has 100 valence electrons. The SMILES string of the molecule is COc1ccc(C(=O)NCc2csc(=O)[nH]2)cc1O. The number of aromatic nitrogens is 1. The molecule has 0 aliphatic heterocycles. The van der Waals surface area contributed by atoms with E-state index in [0.717, 1.165) is 11.3 Å². The molecule has 2 rings (SSSR count). The Bertz CT molecular complexity index is 647. The van der Waals surface area contributed by atoms with Gasteiger partial charge >= 0.3 is 4.87 Å². The standard InChI is InChI=1S/C12H12N2O4S/c1-18-10-3-2-7(4-9(10)15)11(16)13-5-8-6-19-12(17)14-8/h2-4,6,15H,5H2,1H3,(H,13,16)(H,14,17). The lowest BCUT2D eigenvalue weighted by Gasteiger charge is -2.06. The Kier molecular flexibility index (Phi) is 3.86. The zero-order valence-electron chi connectivity index (χ0n) is 10.1. The van der Waals surface area contributed by atoms with E-state index >= 15 is 0 Å². The van der Waals surface area contributed by atoms with E-state index in [9.17, 15) is 14.7 Å². The number of nitrogens with one attached hydrogen (secondary N) is 2. The molecule has 0 bridgehead atoms. The number of carbonyl (C=O) groups excluding carboxylic acids is 1. The second-order valence-corrected chi connectivity index (χ2v) is 4.58. The Morgan fingerprint density at radius 3 is 2.89 bits per heavy atom. The minimum atomic E-state index is -0.343. The second kappa shape index (κ2) is 5.57. The summed E-state index contributed by atoms with van der Waals surface area (Å²) in [5.74, 6) is -0.136. The predicted molar refractivity (Wildman–Crippen MR) is 70.8 cm³/mol. The van der Waals surface area contributed by atoms with Crippen LogP contribution in [0.5, 0.6) is 11.5 Å². The third-order valence-electron chi connectivity index (χ3n) is 2.45. The van der Waals surface area contributed by atoms with Gasteiger partial charge in [-0.2, -0.15) is 0 Å². The molecule has 0 saturated carbocycles. The topological polar surface area (TPSA) is 91.4 Å². The smallest absolute Gasteiger partial charge is 0.304 e. The molecule has 0 aliphatic rings. The molecule has 2 aromatic rings. The monoisotopic (exact) mass is 280 g/mol. The maximum atomic E-state index is 11.8. The number of aromatic hydroxyl groups is 1. The van der Waals surface area contributed by atoms with Crippen LogP contribution in [-0.2, 0) is 6.54 Å². The summed E-state index contributed by atoms with van der Waals surface area (Å²) in [5.41, 5.74) is 0.956. The van der Waals surface area contributed by atoms with Crippen molar-refractivity contribution >= 4 is 17.2 Å². The average Bonchev–Trinajstić information content (AvgIpc) is 2.81. The highest BCUT2D eigenvalue weighted by Crippen LogP contribution is 2.26. The predicted octanol–water partition coefficient (Wildman–Crippen LogP) is 1.08. The van der Waals surface area contributed by atoms with Gasteiger partial charge in [0.2, 0.25) is 0 Å². The third kappa shape index (κ3) is 3.14. The summed E-state index contributed by atoms with van der Waals surface area (Å²) in [6.45, 7) is 0.227. The van der Waals surface area contributed by atoms with Gasteiger partial charge in [0.15, 0.2) is 11.5 Å². The summed E-state index contributed by atoms with van der Waals surface area (Å²) >= 11 is 1.04. The molecule has 0 saturated heterocycles. The number of hydrogen-bond donors (Lipinski definition) is 3. The molecule has 0 atom stereocenters. The van der Waals surface area contributed by atoms with Crippen molar-refractivity contribution in [2.75, 3.05) is 7.11 Å². The van der Waals surface area contributed by atoms with Gasteiger partial charge in [0.05, 0.1) is 13.7 Å². The van der Waals surface area contributed by atoms with Crippen molar-refractivity contribution in [2.45, 2.75) is 6.54 Å². The Morgan fingerprint density at radius 2 is 2.32 bits per heavy atom. The molecule has 3 N–H and O–H groups in total. The van der Waals surface area contributed by atoms with E-state index in [4.69, 9.17) is 4.74 Å². The zero-order valence-corrected chi connectivity index (χ0v) is 10.9. The van der Waals surface area contributed by atoms with Crippen molar-refractivity contribution in [1.82, 2.24) is 10.3 Å². The van der Waals surface area contributed by atoms with Crippen LogP contribution in [0.3, 0.4) is 0 Å². The van der Waals surface area contributed by atoms with Gasteiger partial charge in [-0.1, -0.05) is 11.3 Å². The molecule has 1 amide bonds. The van der Waals surface area contributed by atoms with E-state index in [1.54, 1.807) is 11.4 Å². The quantitative estimate of drug-likeness (QED) is 0.781. The number of thiazole rings is 1. The number of carbonyl (C=O) groups is 1. The third-order valence-corrected chi connectivity index (χ3v) is 3.17. The highest BCUT2D eigenvalue weighted by Gasteiger charge is 2.09. The van der Waals surface area contributed by atoms with E-state index in [2.05, 4.69) is 10.3 Å². The van der Waals surface area contributed by atoms with Crippen LogP contribution in [0.25, 0.3) is 0 Å². The van der Waals surface area contributed by atoms with Crippen LogP contribution in [0.4, 0.5) is 0 Å². The highest BCUT2D eigenvalue weighted by molar-refractivity contribution is 7.07. The number of ether oxygens (including phenoxy) is 1. The van der Waals surface area contributed by atoms with Gasteiger partial charge in [-0.25, -0.2) is 0 Å². The molecule has 0 fully saturated rings. The molecule has 19 heavy (non-hydrogen) atoms. The molecular formula is C12H12N2O4S. The number of phenolic OH excluding ortho intramolecular Hbond substituents is 1. The van der Waals surface area contributed by atoms with Crippen LogP contribution in [0.15, 0.2) is 28.4 Å². The van der Waals surface area contributed by atoms with E-state index in [1.807, 2.05) is 0 Å². The summed E-state index contributed by atoms with van der Waals surface area (Å²) in [6, 6.07) is 4.38.